The molecule has 3 heterocycles. The zero-order valence-corrected chi connectivity index (χ0v) is 20.1. The molecule has 0 fully saturated rings. The van der Waals surface area contributed by atoms with Crippen LogP contribution in [-0.2, 0) is 16.5 Å². The Hall–Kier alpha value is -4.26. The molecule has 0 saturated carbocycles. The maximum atomic E-state index is 12.7. The summed E-state index contributed by atoms with van der Waals surface area (Å²) in [5, 5.41) is 6.46. The number of nitrogens with one attached hydrogen (secondary N) is 1. The summed E-state index contributed by atoms with van der Waals surface area (Å²) in [6.07, 6.45) is 3.50. The Morgan fingerprint density at radius 3 is 2.69 bits per heavy atom. The van der Waals surface area contributed by atoms with Gasteiger partial charge in [-0.1, -0.05) is 0 Å². The van der Waals surface area contributed by atoms with E-state index in [1.165, 1.54) is 35.3 Å². The van der Waals surface area contributed by atoms with Crippen molar-refractivity contribution < 1.29 is 28.3 Å². The van der Waals surface area contributed by atoms with Crippen LogP contribution in [0.3, 0.4) is 0 Å². The predicted octanol–water partition coefficient (Wildman–Crippen LogP) is 2.21. The van der Waals surface area contributed by atoms with Gasteiger partial charge >= 0.3 is 6.09 Å². The van der Waals surface area contributed by atoms with E-state index in [0.29, 0.717) is 11.4 Å². The van der Waals surface area contributed by atoms with Crippen LogP contribution in [0.4, 0.5) is 16.3 Å². The number of amides is 3. The molecule has 0 aliphatic carbocycles. The molecule has 186 valence electrons. The number of rotatable bonds is 8. The number of primary amides is 1. The van der Waals surface area contributed by atoms with Crippen LogP contribution in [-0.4, -0.2) is 63.5 Å². The number of pyridine rings is 1. The zero-order chi connectivity index (χ0) is 25.8. The van der Waals surface area contributed by atoms with Crippen LogP contribution < -0.4 is 16.0 Å². The number of nitrogens with zero attached hydrogens (tertiary/aromatic N) is 5. The van der Waals surface area contributed by atoms with Crippen LogP contribution in [0.15, 0.2) is 35.2 Å². The highest BCUT2D eigenvalue weighted by atomic mass is 16.6. The second-order valence-electron chi connectivity index (χ2n) is 8.45. The molecule has 3 N–H and O–H groups in total. The summed E-state index contributed by atoms with van der Waals surface area (Å²) in [4.78, 5) is 46.7. The first-order valence-electron chi connectivity index (χ1n) is 10.5. The third-order valence-corrected chi connectivity index (χ3v) is 4.45. The van der Waals surface area contributed by atoms with Crippen molar-refractivity contribution in [3.05, 3.63) is 42.2 Å². The van der Waals surface area contributed by atoms with Crippen molar-refractivity contribution in [1.82, 2.24) is 19.7 Å². The maximum absolute atomic E-state index is 12.7. The first-order chi connectivity index (χ1) is 16.5. The highest BCUT2D eigenvalue weighted by Gasteiger charge is 2.25. The van der Waals surface area contributed by atoms with Crippen molar-refractivity contribution in [3.8, 4) is 11.5 Å². The number of nitrogens with two attached hydrogens (primary N) is 1. The Morgan fingerprint density at radius 1 is 1.29 bits per heavy atom. The molecule has 0 spiro atoms. The molecule has 3 aromatic heterocycles. The molecule has 0 saturated heterocycles. The van der Waals surface area contributed by atoms with Crippen LogP contribution in [0.5, 0.6) is 0 Å². The molecule has 3 aromatic rings. The summed E-state index contributed by atoms with van der Waals surface area (Å²) in [7, 11) is 3.11. The normalized spacial score (nSPS) is 11.2. The number of aromatic nitrogens is 4. The maximum Gasteiger partial charge on any atom is 0.416 e. The summed E-state index contributed by atoms with van der Waals surface area (Å²) in [5.74, 6) is -0.996. The van der Waals surface area contributed by atoms with E-state index in [-0.39, 0.29) is 36.1 Å². The van der Waals surface area contributed by atoms with Crippen molar-refractivity contribution in [2.75, 3.05) is 30.5 Å². The van der Waals surface area contributed by atoms with E-state index in [1.807, 2.05) is 0 Å². The van der Waals surface area contributed by atoms with Gasteiger partial charge in [0, 0.05) is 32.1 Å². The number of anilines is 2. The Kier molecular flexibility index (Phi) is 7.49. The summed E-state index contributed by atoms with van der Waals surface area (Å²) in [6, 6.07) is 3.20. The highest BCUT2D eigenvalue weighted by Crippen LogP contribution is 2.24. The molecular formula is C22H27N7O6. The van der Waals surface area contributed by atoms with Crippen LogP contribution >= 0.6 is 0 Å². The van der Waals surface area contributed by atoms with E-state index < -0.39 is 23.5 Å². The van der Waals surface area contributed by atoms with Gasteiger partial charge in [0.2, 0.25) is 5.89 Å². The van der Waals surface area contributed by atoms with E-state index in [0.717, 1.165) is 0 Å². The fourth-order valence-corrected chi connectivity index (χ4v) is 2.96. The van der Waals surface area contributed by atoms with Gasteiger partial charge in [0.15, 0.2) is 11.4 Å². The summed E-state index contributed by atoms with van der Waals surface area (Å²) >= 11 is 0. The summed E-state index contributed by atoms with van der Waals surface area (Å²) in [6.45, 7) is 5.76. The molecule has 0 aromatic carbocycles. The van der Waals surface area contributed by atoms with Crippen LogP contribution in [0.1, 0.15) is 41.7 Å². The number of carbonyl (C=O) groups excluding carboxylic acids is 3. The van der Waals surface area contributed by atoms with E-state index in [1.54, 1.807) is 40.0 Å². The largest absolute Gasteiger partial charge is 0.444 e. The topological polar surface area (TPSA) is 168 Å². The van der Waals surface area contributed by atoms with Crippen LogP contribution in [0, 0.1) is 0 Å². The molecular weight excluding hydrogens is 458 g/mol. The smallest absolute Gasteiger partial charge is 0.416 e. The molecule has 3 amide bonds. The van der Waals surface area contributed by atoms with Gasteiger partial charge in [-0.3, -0.25) is 19.2 Å². The Morgan fingerprint density at radius 2 is 2.03 bits per heavy atom. The molecule has 0 aliphatic heterocycles. The molecule has 35 heavy (non-hydrogen) atoms. The van der Waals surface area contributed by atoms with E-state index in [2.05, 4.69) is 20.4 Å². The monoisotopic (exact) mass is 485 g/mol. The third-order valence-electron chi connectivity index (χ3n) is 4.45. The Bertz CT molecular complexity index is 1230. The predicted molar refractivity (Wildman–Crippen MR) is 125 cm³/mol. The number of hydrogen-bond acceptors (Lipinski definition) is 9. The van der Waals surface area contributed by atoms with Crippen molar-refractivity contribution in [3.63, 3.8) is 0 Å². The first-order valence-corrected chi connectivity index (χ1v) is 10.5. The van der Waals surface area contributed by atoms with Gasteiger partial charge in [-0.15, -0.1) is 0 Å². The van der Waals surface area contributed by atoms with Gasteiger partial charge in [0.1, 0.15) is 17.7 Å². The molecule has 13 nitrogen and oxygen atoms in total. The van der Waals surface area contributed by atoms with Gasteiger partial charge in [-0.2, -0.15) is 5.10 Å². The van der Waals surface area contributed by atoms with Gasteiger partial charge < -0.3 is 24.9 Å². The number of methoxy groups -OCH3 is 1. The summed E-state index contributed by atoms with van der Waals surface area (Å²) in [5.41, 5.74) is 5.09. The van der Waals surface area contributed by atoms with Gasteiger partial charge in [-0.25, -0.2) is 14.8 Å². The number of aryl methyl sites for hydroxylation is 1. The van der Waals surface area contributed by atoms with Crippen molar-refractivity contribution in [2.45, 2.75) is 26.4 Å². The minimum absolute atomic E-state index is 0.0407. The molecule has 0 atom stereocenters. The third kappa shape index (κ3) is 6.41. The zero-order valence-electron chi connectivity index (χ0n) is 20.1. The van der Waals surface area contributed by atoms with Gasteiger partial charge in [0.05, 0.1) is 18.8 Å². The van der Waals surface area contributed by atoms with Crippen LogP contribution in [0.2, 0.25) is 0 Å². The summed E-state index contributed by atoms with van der Waals surface area (Å²) < 4.78 is 17.4. The standard InChI is InChI=1S/C22H27N7O6/c1-22(2,3)35-21(32)29(8-9-33-5)16-10-13(6-7-24-16)20-26-15(12-34-20)19(31)25-14-11-28(4)27-17(14)18(23)30/h6-7,10-12H,8-9H2,1-5H3,(H2,23,30)(H,25,31). The quantitative estimate of drug-likeness (QED) is 0.486. The Balaban J connectivity index is 1.83. The number of carbonyl (C=O) groups is 3. The van der Waals surface area contributed by atoms with Gasteiger partial charge in [-0.05, 0) is 32.9 Å². The second-order valence-corrected chi connectivity index (χ2v) is 8.45. The molecule has 3 rings (SSSR count). The number of oxazole rings is 1. The lowest BCUT2D eigenvalue weighted by Crippen LogP contribution is -2.39. The fraction of sp³-hybridized carbons (Fsp3) is 0.364. The highest BCUT2D eigenvalue weighted by molar-refractivity contribution is 6.07. The molecule has 0 radical (unpaired) electrons. The minimum atomic E-state index is -0.783. The lowest BCUT2D eigenvalue weighted by atomic mass is 10.2. The molecule has 0 bridgehead atoms. The van der Waals surface area contributed by atoms with E-state index in [4.69, 9.17) is 19.6 Å². The fourth-order valence-electron chi connectivity index (χ4n) is 2.96. The van der Waals surface area contributed by atoms with Gasteiger partial charge in [0.25, 0.3) is 11.8 Å². The first kappa shape index (κ1) is 25.4. The van der Waals surface area contributed by atoms with Crippen molar-refractivity contribution in [1.29, 1.82) is 0 Å². The second kappa shape index (κ2) is 10.3. The minimum Gasteiger partial charge on any atom is -0.444 e. The number of hydrogen-bond donors (Lipinski definition) is 2. The average molecular weight is 486 g/mol. The molecule has 13 heteroatoms. The van der Waals surface area contributed by atoms with E-state index >= 15 is 0 Å². The van der Waals surface area contributed by atoms with Crippen molar-refractivity contribution in [2.24, 2.45) is 12.8 Å². The van der Waals surface area contributed by atoms with E-state index in [9.17, 15) is 14.4 Å². The lowest BCUT2D eigenvalue weighted by Gasteiger charge is -2.26. The molecule has 0 aliphatic rings. The number of ether oxygens (including phenoxy) is 2. The average Bonchev–Trinajstić information content (AvgIpc) is 3.40. The SMILES string of the molecule is COCCN(C(=O)OC(C)(C)C)c1cc(-c2nc(C(=O)Nc3cn(C)nc3C(N)=O)co2)ccn1. The van der Waals surface area contributed by atoms with Crippen LogP contribution in [0.25, 0.3) is 11.5 Å². The van der Waals surface area contributed by atoms with Crippen molar-refractivity contribution >= 4 is 29.4 Å². The molecule has 0 unspecified atom stereocenters. The lowest BCUT2D eigenvalue weighted by molar-refractivity contribution is 0.0567. The Labute approximate surface area is 201 Å².